The summed E-state index contributed by atoms with van der Waals surface area (Å²) in [6, 6.07) is 0. The molecule has 62 valence electrons. The molecule has 1 fully saturated rings. The van der Waals surface area contributed by atoms with E-state index in [-0.39, 0.29) is 6.17 Å². The summed E-state index contributed by atoms with van der Waals surface area (Å²) in [7, 11) is 0. The van der Waals surface area contributed by atoms with E-state index >= 15 is 0 Å². The van der Waals surface area contributed by atoms with Gasteiger partial charge in [-0.1, -0.05) is 0 Å². The molecule has 1 aliphatic heterocycles. The normalized spacial score (nSPS) is 22.3. The third kappa shape index (κ3) is 2.86. The summed E-state index contributed by atoms with van der Waals surface area (Å²) in [6.45, 7) is 5.68. The summed E-state index contributed by atoms with van der Waals surface area (Å²) in [5.41, 5.74) is 0. The molecule has 0 spiro atoms. The van der Waals surface area contributed by atoms with Crippen LogP contribution >= 0.6 is 0 Å². The van der Waals surface area contributed by atoms with Gasteiger partial charge in [0, 0.05) is 0 Å². The predicted molar refractivity (Wildman–Crippen MR) is 45.0 cm³/mol. The van der Waals surface area contributed by atoms with E-state index in [2.05, 4.69) is 37.1 Å². The number of nitrogens with zero attached hydrogens (tertiary/aromatic N) is 2. The molecular formula is C7H12N2OSe. The summed E-state index contributed by atoms with van der Waals surface area (Å²) >= 11 is 2.64. The van der Waals surface area contributed by atoms with Gasteiger partial charge < -0.3 is 0 Å². The van der Waals surface area contributed by atoms with Crippen molar-refractivity contribution in [2.45, 2.75) is 13.1 Å². The maximum atomic E-state index is 5.22. The molecule has 0 N–H and O–H groups in total. The molecule has 1 saturated heterocycles. The third-order valence-corrected chi connectivity index (χ3v) is 2.03. The van der Waals surface area contributed by atoms with Crippen LogP contribution in [-0.4, -0.2) is 57.7 Å². The molecule has 11 heavy (non-hydrogen) atoms. The molecule has 0 aromatic heterocycles. The maximum absolute atomic E-state index is 5.22. The van der Waals surface area contributed by atoms with Crippen LogP contribution in [0.15, 0.2) is 4.99 Å². The average Bonchev–Trinajstić information content (AvgIpc) is 2.07. The molecule has 0 bridgehead atoms. The van der Waals surface area contributed by atoms with Crippen LogP contribution in [0.3, 0.4) is 0 Å². The standard InChI is InChI=1S/C7H12N2OSe/c1-7(8-6-11)9-2-4-10-5-3-9/h7H,2-5H2,1H3. The van der Waals surface area contributed by atoms with Crippen LogP contribution in [0.1, 0.15) is 6.92 Å². The SMILES string of the molecule is CC(N=C=[Se])N1CCOCC1. The minimum absolute atomic E-state index is 0.236. The number of hydrogen-bond acceptors (Lipinski definition) is 3. The van der Waals surface area contributed by atoms with Gasteiger partial charge in [0.1, 0.15) is 0 Å². The summed E-state index contributed by atoms with van der Waals surface area (Å²) in [5, 5.41) is 0. The Bertz CT molecular complexity index is 162. The van der Waals surface area contributed by atoms with E-state index < -0.39 is 0 Å². The Balaban J connectivity index is 2.38. The molecule has 1 rings (SSSR count). The number of rotatable bonds is 2. The first-order valence-corrected chi connectivity index (χ1v) is 4.59. The molecule has 0 saturated carbocycles. The number of ether oxygens (including phenoxy) is 1. The summed E-state index contributed by atoms with van der Waals surface area (Å²) < 4.78 is 7.90. The van der Waals surface area contributed by atoms with Crippen LogP contribution in [0.25, 0.3) is 0 Å². The zero-order valence-corrected chi connectivity index (χ0v) is 8.33. The van der Waals surface area contributed by atoms with Crippen LogP contribution in [0.5, 0.6) is 0 Å². The van der Waals surface area contributed by atoms with Crippen molar-refractivity contribution < 1.29 is 4.74 Å². The fraction of sp³-hybridized carbons (Fsp3) is 0.857. The number of hydrogen-bond donors (Lipinski definition) is 0. The van der Waals surface area contributed by atoms with Crippen LogP contribution in [-0.2, 0) is 4.74 Å². The topological polar surface area (TPSA) is 24.8 Å². The van der Waals surface area contributed by atoms with Gasteiger partial charge in [-0.05, 0) is 0 Å². The summed E-state index contributed by atoms with van der Waals surface area (Å²) in [6.07, 6.45) is 0.236. The molecule has 0 radical (unpaired) electrons. The molecule has 4 heteroatoms. The van der Waals surface area contributed by atoms with Crippen molar-refractivity contribution in [3.05, 3.63) is 0 Å². The molecule has 0 aromatic carbocycles. The van der Waals surface area contributed by atoms with Gasteiger partial charge in [-0.3, -0.25) is 0 Å². The molecule has 1 aliphatic rings. The Hall–Kier alpha value is 0.0195. The molecule has 3 nitrogen and oxygen atoms in total. The molecule has 0 aliphatic carbocycles. The van der Waals surface area contributed by atoms with Gasteiger partial charge in [0.2, 0.25) is 0 Å². The molecule has 1 atom stereocenters. The van der Waals surface area contributed by atoms with Crippen molar-refractivity contribution in [3.63, 3.8) is 0 Å². The van der Waals surface area contributed by atoms with Crippen molar-refractivity contribution >= 4 is 20.3 Å². The Morgan fingerprint density at radius 3 is 2.73 bits per heavy atom. The molecule has 1 heterocycles. The summed E-state index contributed by atoms with van der Waals surface area (Å²) in [4.78, 5) is 6.38. The van der Waals surface area contributed by atoms with Gasteiger partial charge in [0.05, 0.1) is 0 Å². The van der Waals surface area contributed by atoms with Crippen LogP contribution in [0, 0.1) is 0 Å². The fourth-order valence-corrected chi connectivity index (χ4v) is 1.43. The van der Waals surface area contributed by atoms with E-state index in [4.69, 9.17) is 4.74 Å². The van der Waals surface area contributed by atoms with E-state index in [1.807, 2.05) is 0 Å². The van der Waals surface area contributed by atoms with Crippen LogP contribution < -0.4 is 0 Å². The van der Waals surface area contributed by atoms with Crippen LogP contribution in [0.4, 0.5) is 0 Å². The molecular weight excluding hydrogens is 207 g/mol. The first kappa shape index (κ1) is 9.11. The van der Waals surface area contributed by atoms with Gasteiger partial charge in [-0.25, -0.2) is 0 Å². The average molecular weight is 219 g/mol. The van der Waals surface area contributed by atoms with Crippen molar-refractivity contribution in [1.82, 2.24) is 4.90 Å². The second-order valence-corrected chi connectivity index (χ2v) is 2.88. The van der Waals surface area contributed by atoms with Crippen molar-refractivity contribution in [3.8, 4) is 0 Å². The second kappa shape index (κ2) is 4.81. The van der Waals surface area contributed by atoms with Crippen molar-refractivity contribution in [2.75, 3.05) is 26.3 Å². The first-order valence-electron chi connectivity index (χ1n) is 3.73. The van der Waals surface area contributed by atoms with Gasteiger partial charge in [-0.15, -0.1) is 0 Å². The van der Waals surface area contributed by atoms with Crippen molar-refractivity contribution in [1.29, 1.82) is 0 Å². The molecule has 0 aromatic rings. The van der Waals surface area contributed by atoms with Gasteiger partial charge >= 0.3 is 74.3 Å². The van der Waals surface area contributed by atoms with Crippen LogP contribution in [0.2, 0.25) is 0 Å². The first-order chi connectivity index (χ1) is 5.34. The Morgan fingerprint density at radius 2 is 2.18 bits per heavy atom. The Labute approximate surface area is 74.8 Å². The minimum atomic E-state index is 0.236. The predicted octanol–water partition coefficient (Wildman–Crippen LogP) is -0.262. The van der Waals surface area contributed by atoms with E-state index in [1.165, 1.54) is 0 Å². The molecule has 1 unspecified atom stereocenters. The zero-order valence-electron chi connectivity index (χ0n) is 6.62. The Kier molecular flexibility index (Phi) is 3.98. The second-order valence-electron chi connectivity index (χ2n) is 2.50. The molecule has 0 amide bonds. The monoisotopic (exact) mass is 220 g/mol. The van der Waals surface area contributed by atoms with Gasteiger partial charge in [0.25, 0.3) is 0 Å². The van der Waals surface area contributed by atoms with E-state index in [9.17, 15) is 0 Å². The van der Waals surface area contributed by atoms with E-state index in [1.54, 1.807) is 0 Å². The third-order valence-electron chi connectivity index (χ3n) is 1.81. The Morgan fingerprint density at radius 1 is 1.55 bits per heavy atom. The fourth-order valence-electron chi connectivity index (χ4n) is 1.11. The van der Waals surface area contributed by atoms with E-state index in [0.717, 1.165) is 26.3 Å². The quantitative estimate of drug-likeness (QED) is 0.472. The van der Waals surface area contributed by atoms with Gasteiger partial charge in [0.15, 0.2) is 0 Å². The van der Waals surface area contributed by atoms with Gasteiger partial charge in [-0.2, -0.15) is 0 Å². The zero-order chi connectivity index (χ0) is 8.10. The van der Waals surface area contributed by atoms with E-state index in [0.29, 0.717) is 0 Å². The number of aliphatic imine (C=N–C) groups is 1. The number of morpholine rings is 1. The summed E-state index contributed by atoms with van der Waals surface area (Å²) in [5.74, 6) is 0. The van der Waals surface area contributed by atoms with Crippen molar-refractivity contribution in [2.24, 2.45) is 4.99 Å².